The van der Waals surface area contributed by atoms with Crippen LogP contribution in [0.1, 0.15) is 22.6 Å². The lowest BCUT2D eigenvalue weighted by Gasteiger charge is -2.17. The van der Waals surface area contributed by atoms with E-state index in [1.165, 1.54) is 0 Å². The standard InChI is InChI=1S/C24H23N3O2/c25-21-15-20(16-22(26)27-21)23(19-13-9-4-2-1-3-5-10-14-19)24(28)29-17-18-11-7-6-8-12-18/h1-16,23H,17H2,(H4,25,26,27). The molecule has 1 atom stereocenters. The van der Waals surface area contributed by atoms with Crippen molar-refractivity contribution in [2.45, 2.75) is 12.5 Å². The molecule has 5 heteroatoms. The van der Waals surface area contributed by atoms with Gasteiger partial charge in [-0.25, -0.2) is 4.98 Å². The molecule has 1 heterocycles. The van der Waals surface area contributed by atoms with Crippen LogP contribution in [0.25, 0.3) is 0 Å². The maximum Gasteiger partial charge on any atom is 0.318 e. The van der Waals surface area contributed by atoms with Gasteiger partial charge in [0.15, 0.2) is 0 Å². The van der Waals surface area contributed by atoms with Gasteiger partial charge in [0.1, 0.15) is 24.2 Å². The van der Waals surface area contributed by atoms with Crippen molar-refractivity contribution >= 4 is 17.6 Å². The summed E-state index contributed by atoms with van der Waals surface area (Å²) >= 11 is 0. The fourth-order valence-corrected chi connectivity index (χ4v) is 2.94. The predicted octanol–water partition coefficient (Wildman–Crippen LogP) is 4.25. The van der Waals surface area contributed by atoms with E-state index in [2.05, 4.69) is 4.98 Å². The number of aromatic nitrogens is 1. The van der Waals surface area contributed by atoms with Crippen molar-refractivity contribution in [3.05, 3.63) is 114 Å². The quantitative estimate of drug-likeness (QED) is 0.641. The molecule has 0 spiro atoms. The first-order chi connectivity index (χ1) is 14.1. The number of ether oxygens (including phenoxy) is 1. The van der Waals surface area contributed by atoms with Gasteiger partial charge in [0.25, 0.3) is 0 Å². The molecule has 5 nitrogen and oxygen atoms in total. The van der Waals surface area contributed by atoms with Crippen molar-refractivity contribution in [2.24, 2.45) is 0 Å². The summed E-state index contributed by atoms with van der Waals surface area (Å²) in [6.07, 6.45) is 0. The smallest absolute Gasteiger partial charge is 0.318 e. The Morgan fingerprint density at radius 3 is 1.83 bits per heavy atom. The predicted molar refractivity (Wildman–Crippen MR) is 115 cm³/mol. The lowest BCUT2D eigenvalue weighted by molar-refractivity contribution is -0.145. The highest BCUT2D eigenvalue weighted by atomic mass is 16.5. The van der Waals surface area contributed by atoms with Crippen molar-refractivity contribution in [1.82, 2.24) is 4.98 Å². The Morgan fingerprint density at radius 2 is 1.24 bits per heavy atom. The highest BCUT2D eigenvalue weighted by molar-refractivity contribution is 5.82. The molecule has 29 heavy (non-hydrogen) atoms. The average Bonchev–Trinajstić information content (AvgIpc) is 2.71. The van der Waals surface area contributed by atoms with Crippen molar-refractivity contribution in [3.63, 3.8) is 0 Å². The van der Waals surface area contributed by atoms with Crippen LogP contribution in [0.3, 0.4) is 0 Å². The number of hydrogen-bond acceptors (Lipinski definition) is 5. The zero-order valence-electron chi connectivity index (χ0n) is 15.9. The van der Waals surface area contributed by atoms with Crippen LogP contribution in [0.15, 0.2) is 97.1 Å². The number of carbonyl (C=O) groups is 1. The maximum atomic E-state index is 13.1. The van der Waals surface area contributed by atoms with Crippen molar-refractivity contribution in [3.8, 4) is 0 Å². The van der Waals surface area contributed by atoms with Gasteiger partial charge in [0, 0.05) is 0 Å². The number of anilines is 2. The fourth-order valence-electron chi connectivity index (χ4n) is 2.94. The Labute approximate surface area is 170 Å². The topological polar surface area (TPSA) is 91.2 Å². The summed E-state index contributed by atoms with van der Waals surface area (Å²) in [7, 11) is 0. The Kier molecular flexibility index (Phi) is 6.79. The fraction of sp³-hybridized carbons (Fsp3) is 0.0833. The van der Waals surface area contributed by atoms with E-state index >= 15 is 0 Å². The first kappa shape index (κ1) is 19.9. The number of nitrogens with zero attached hydrogens (tertiary/aromatic N) is 1. The number of carbonyl (C=O) groups excluding carboxylic acids is 1. The molecule has 0 saturated heterocycles. The molecule has 0 aliphatic carbocycles. The van der Waals surface area contributed by atoms with Gasteiger partial charge in [-0.1, -0.05) is 84.9 Å². The van der Waals surface area contributed by atoms with E-state index in [-0.39, 0.29) is 24.2 Å². The molecule has 2 aromatic carbocycles. The molecular formula is C24H23N3O2. The number of nitrogens with two attached hydrogens (primary N) is 2. The third-order valence-corrected chi connectivity index (χ3v) is 4.26. The van der Waals surface area contributed by atoms with E-state index in [0.29, 0.717) is 5.56 Å². The van der Waals surface area contributed by atoms with Crippen LogP contribution in [-0.2, 0) is 16.1 Å². The van der Waals surface area contributed by atoms with E-state index in [9.17, 15) is 4.79 Å². The SMILES string of the molecule is Nc1cc(C(C(=O)OCc2ccccc2)c2ccccccccc2)cc(N)n1. The van der Waals surface area contributed by atoms with Gasteiger partial charge in [-0.15, -0.1) is 0 Å². The van der Waals surface area contributed by atoms with Gasteiger partial charge < -0.3 is 16.2 Å². The Balaban J connectivity index is 2.01. The highest BCUT2D eigenvalue weighted by Gasteiger charge is 2.25. The Morgan fingerprint density at radius 1 is 0.759 bits per heavy atom. The second kappa shape index (κ2) is 9.90. The molecule has 0 radical (unpaired) electrons. The normalized spacial score (nSPS) is 11.2. The lowest BCUT2D eigenvalue weighted by Crippen LogP contribution is -2.18. The number of hydrogen-bond donors (Lipinski definition) is 2. The minimum atomic E-state index is -0.691. The summed E-state index contributed by atoms with van der Waals surface area (Å²) < 4.78 is 5.63. The minimum Gasteiger partial charge on any atom is -0.460 e. The minimum absolute atomic E-state index is 0.182. The zero-order valence-corrected chi connectivity index (χ0v) is 15.9. The number of rotatable bonds is 5. The molecule has 0 bridgehead atoms. The molecule has 0 fully saturated rings. The molecule has 3 aromatic rings. The van der Waals surface area contributed by atoms with Crippen LogP contribution in [0.5, 0.6) is 0 Å². The van der Waals surface area contributed by atoms with E-state index in [1.54, 1.807) is 12.1 Å². The van der Waals surface area contributed by atoms with E-state index in [1.807, 2.05) is 84.9 Å². The largest absolute Gasteiger partial charge is 0.460 e. The van der Waals surface area contributed by atoms with Crippen molar-refractivity contribution in [1.29, 1.82) is 0 Å². The molecule has 0 amide bonds. The summed E-state index contributed by atoms with van der Waals surface area (Å²) in [6.45, 7) is 0.182. The number of esters is 1. The second-order valence-corrected chi connectivity index (χ2v) is 6.46. The molecule has 3 rings (SSSR count). The van der Waals surface area contributed by atoms with Gasteiger partial charge in [-0.2, -0.15) is 0 Å². The molecule has 0 saturated carbocycles. The second-order valence-electron chi connectivity index (χ2n) is 6.46. The summed E-state index contributed by atoms with van der Waals surface area (Å²) in [5.74, 6) is -0.573. The van der Waals surface area contributed by atoms with Crippen LogP contribution < -0.4 is 11.5 Å². The highest BCUT2D eigenvalue weighted by Crippen LogP contribution is 2.28. The van der Waals surface area contributed by atoms with Crippen molar-refractivity contribution < 1.29 is 9.53 Å². The van der Waals surface area contributed by atoms with Gasteiger partial charge >= 0.3 is 5.97 Å². The molecule has 1 aromatic heterocycles. The molecule has 146 valence electrons. The summed E-state index contributed by atoms with van der Waals surface area (Å²) in [4.78, 5) is 17.1. The number of nitrogen functional groups attached to an aromatic ring is 2. The summed E-state index contributed by atoms with van der Waals surface area (Å²) in [5, 5.41) is 0. The summed E-state index contributed by atoms with van der Waals surface area (Å²) in [5.41, 5.74) is 14.1. The Hall–Kier alpha value is -3.86. The van der Waals surface area contributed by atoms with Crippen molar-refractivity contribution in [2.75, 3.05) is 11.5 Å². The number of benzene rings is 1. The van der Waals surface area contributed by atoms with Crippen LogP contribution in [0.2, 0.25) is 0 Å². The van der Waals surface area contributed by atoms with Gasteiger partial charge in [0.05, 0.1) is 0 Å². The first-order valence-corrected chi connectivity index (χ1v) is 9.25. The molecule has 0 aliphatic heterocycles. The van der Waals surface area contributed by atoms with Crippen LogP contribution in [0, 0.1) is 0 Å². The molecular weight excluding hydrogens is 362 g/mol. The summed E-state index contributed by atoms with van der Waals surface area (Å²) in [6, 6.07) is 29.9. The third kappa shape index (κ3) is 5.81. The van der Waals surface area contributed by atoms with Crippen LogP contribution in [0.4, 0.5) is 11.6 Å². The van der Waals surface area contributed by atoms with Crippen LogP contribution in [-0.4, -0.2) is 11.0 Å². The van der Waals surface area contributed by atoms with E-state index in [4.69, 9.17) is 16.2 Å². The van der Waals surface area contributed by atoms with Gasteiger partial charge in [-0.05, 0) is 28.8 Å². The van der Waals surface area contributed by atoms with Gasteiger partial charge in [-0.3, -0.25) is 4.79 Å². The lowest BCUT2D eigenvalue weighted by atomic mass is 9.92. The number of pyridine rings is 1. The molecule has 0 aliphatic rings. The Bertz CT molecular complexity index is 976. The average molecular weight is 385 g/mol. The monoisotopic (exact) mass is 385 g/mol. The van der Waals surface area contributed by atoms with Crippen LogP contribution >= 0.6 is 0 Å². The first-order valence-electron chi connectivity index (χ1n) is 9.25. The molecule has 4 N–H and O–H groups in total. The maximum absolute atomic E-state index is 13.1. The van der Waals surface area contributed by atoms with E-state index in [0.717, 1.165) is 11.1 Å². The van der Waals surface area contributed by atoms with Gasteiger partial charge in [0.2, 0.25) is 0 Å². The third-order valence-electron chi connectivity index (χ3n) is 4.26. The molecule has 1 unspecified atom stereocenters. The van der Waals surface area contributed by atoms with E-state index < -0.39 is 5.92 Å². The zero-order chi connectivity index (χ0) is 20.5.